The lowest BCUT2D eigenvalue weighted by molar-refractivity contribution is -0.133. The Morgan fingerprint density at radius 2 is 2.03 bits per heavy atom. The molecule has 29 heavy (non-hydrogen) atoms. The van der Waals surface area contributed by atoms with Gasteiger partial charge in [-0.05, 0) is 25.5 Å². The number of benzene rings is 1. The number of rotatable bonds is 5. The lowest BCUT2D eigenvalue weighted by Gasteiger charge is -2.27. The molecule has 152 valence electrons. The number of hydrogen-bond acceptors (Lipinski definition) is 6. The smallest absolute Gasteiger partial charge is 0.264 e. The molecule has 3 aromatic rings. The fraction of sp³-hybridized carbons (Fsp3) is 0.368. The molecule has 0 aliphatic carbocycles. The van der Waals surface area contributed by atoms with Crippen LogP contribution in [0.3, 0.4) is 0 Å². The Kier molecular flexibility index (Phi) is 4.95. The number of nitrogens with zero attached hydrogens (tertiary/aromatic N) is 5. The van der Waals surface area contributed by atoms with Crippen molar-refractivity contribution in [2.24, 2.45) is 0 Å². The third-order valence-corrected chi connectivity index (χ3v) is 6.92. The first-order chi connectivity index (χ1) is 13.9. The molecule has 0 bridgehead atoms. The quantitative estimate of drug-likeness (QED) is 0.605. The van der Waals surface area contributed by atoms with E-state index in [1.54, 1.807) is 11.6 Å². The van der Waals surface area contributed by atoms with E-state index in [0.29, 0.717) is 24.0 Å². The molecule has 1 aromatic carbocycles. The van der Waals surface area contributed by atoms with E-state index in [2.05, 4.69) is 10.1 Å². The van der Waals surface area contributed by atoms with Gasteiger partial charge in [0, 0.05) is 12.6 Å². The summed E-state index contributed by atoms with van der Waals surface area (Å²) < 4.78 is 26.3. The molecule has 1 aliphatic rings. The van der Waals surface area contributed by atoms with Crippen molar-refractivity contribution >= 4 is 26.8 Å². The Bertz CT molecular complexity index is 1220. The molecule has 1 saturated heterocycles. The van der Waals surface area contributed by atoms with E-state index in [9.17, 15) is 18.0 Å². The molecule has 3 heterocycles. The zero-order valence-corrected chi connectivity index (χ0v) is 16.7. The van der Waals surface area contributed by atoms with Gasteiger partial charge in [0.1, 0.15) is 18.3 Å². The second kappa shape index (κ2) is 7.43. The first-order valence-electron chi connectivity index (χ1n) is 9.38. The molecule has 9 nitrogen and oxygen atoms in total. The summed E-state index contributed by atoms with van der Waals surface area (Å²) in [5.41, 5.74) is 0.836. The van der Waals surface area contributed by atoms with Gasteiger partial charge >= 0.3 is 0 Å². The zero-order chi connectivity index (χ0) is 20.6. The van der Waals surface area contributed by atoms with E-state index in [1.807, 2.05) is 30.3 Å². The number of sulfone groups is 1. The number of likely N-dealkylation sites (N-methyl/N-ethyl adjacent to an activating group) is 1. The van der Waals surface area contributed by atoms with Gasteiger partial charge in [-0.25, -0.2) is 18.1 Å². The highest BCUT2D eigenvalue weighted by atomic mass is 32.2. The summed E-state index contributed by atoms with van der Waals surface area (Å²) >= 11 is 0. The lowest BCUT2D eigenvalue weighted by Crippen LogP contribution is -2.43. The molecule has 10 heteroatoms. The predicted molar refractivity (Wildman–Crippen MR) is 108 cm³/mol. The minimum Gasteiger partial charge on any atom is -0.337 e. The number of fused-ring (bicyclic) bond motifs is 1. The van der Waals surface area contributed by atoms with Crippen molar-refractivity contribution in [3.05, 3.63) is 53.2 Å². The minimum atomic E-state index is -3.10. The first-order valence-corrected chi connectivity index (χ1v) is 11.2. The standard InChI is InChI=1S/C19H21N5O4S/c1-2-23(15-8-9-29(27,28)12-15)17(25)11-22-13-20-18-16(19(22)26)10-21-24(18)14-6-4-3-5-7-14/h3-7,10,13,15H,2,8-9,11-12H2,1H3/t15-/m0/s1. The fourth-order valence-corrected chi connectivity index (χ4v) is 5.45. The van der Waals surface area contributed by atoms with Gasteiger partial charge in [-0.15, -0.1) is 0 Å². The highest BCUT2D eigenvalue weighted by Gasteiger charge is 2.34. The molecule has 2 aromatic heterocycles. The first kappa shape index (κ1) is 19.3. The van der Waals surface area contributed by atoms with Crippen LogP contribution in [0.25, 0.3) is 16.7 Å². The Morgan fingerprint density at radius 3 is 2.69 bits per heavy atom. The number of carbonyl (C=O) groups is 1. The molecule has 0 N–H and O–H groups in total. The summed E-state index contributed by atoms with van der Waals surface area (Å²) in [5.74, 6) is -0.232. The van der Waals surface area contributed by atoms with E-state index in [4.69, 9.17) is 0 Å². The van der Waals surface area contributed by atoms with Crippen LogP contribution < -0.4 is 5.56 Å². The molecule has 1 atom stereocenters. The third kappa shape index (κ3) is 3.67. The number of carbonyl (C=O) groups excluding carboxylic acids is 1. The average Bonchev–Trinajstić information content (AvgIpc) is 3.29. The molecule has 4 rings (SSSR count). The Morgan fingerprint density at radius 1 is 1.28 bits per heavy atom. The average molecular weight is 415 g/mol. The van der Waals surface area contributed by atoms with Crippen LogP contribution in [-0.2, 0) is 21.2 Å². The topological polar surface area (TPSA) is 107 Å². The van der Waals surface area contributed by atoms with Crippen LogP contribution >= 0.6 is 0 Å². The second-order valence-electron chi connectivity index (χ2n) is 7.04. The molecular weight excluding hydrogens is 394 g/mol. The highest BCUT2D eigenvalue weighted by Crippen LogP contribution is 2.18. The summed E-state index contributed by atoms with van der Waals surface area (Å²) in [5, 5.41) is 4.57. The van der Waals surface area contributed by atoms with Gasteiger partial charge < -0.3 is 4.90 Å². The van der Waals surface area contributed by atoms with Crippen molar-refractivity contribution in [1.82, 2.24) is 24.2 Å². The van der Waals surface area contributed by atoms with Crippen molar-refractivity contribution in [1.29, 1.82) is 0 Å². The summed E-state index contributed by atoms with van der Waals surface area (Å²) in [4.78, 5) is 31.5. The normalized spacial score (nSPS) is 18.2. The summed E-state index contributed by atoms with van der Waals surface area (Å²) in [6.07, 6.45) is 3.21. The molecular formula is C19H21N5O4S. The van der Waals surface area contributed by atoms with Crippen LogP contribution in [0.5, 0.6) is 0 Å². The van der Waals surface area contributed by atoms with Gasteiger partial charge in [-0.2, -0.15) is 5.10 Å². The number of para-hydroxylation sites is 1. The highest BCUT2D eigenvalue weighted by molar-refractivity contribution is 7.91. The summed E-state index contributed by atoms with van der Waals surface area (Å²) in [6, 6.07) is 8.99. The molecule has 1 aliphatic heterocycles. The van der Waals surface area contributed by atoms with Gasteiger partial charge in [0.25, 0.3) is 5.56 Å². The van der Waals surface area contributed by atoms with Crippen LogP contribution in [0.4, 0.5) is 0 Å². The van der Waals surface area contributed by atoms with Gasteiger partial charge in [-0.3, -0.25) is 14.2 Å². The number of amides is 1. The maximum atomic E-state index is 12.8. The van der Waals surface area contributed by atoms with Crippen molar-refractivity contribution < 1.29 is 13.2 Å². The van der Waals surface area contributed by atoms with Crippen LogP contribution in [0, 0.1) is 0 Å². The van der Waals surface area contributed by atoms with Crippen molar-refractivity contribution in [2.75, 3.05) is 18.1 Å². The largest absolute Gasteiger partial charge is 0.337 e. The second-order valence-corrected chi connectivity index (χ2v) is 9.27. The molecule has 0 spiro atoms. The van der Waals surface area contributed by atoms with E-state index in [0.717, 1.165) is 5.69 Å². The monoisotopic (exact) mass is 415 g/mol. The predicted octanol–water partition coefficient (Wildman–Crippen LogP) is 0.618. The molecule has 1 amide bonds. The molecule has 1 fully saturated rings. The summed E-state index contributed by atoms with van der Waals surface area (Å²) in [6.45, 7) is 2.00. The fourth-order valence-electron chi connectivity index (χ4n) is 3.72. The van der Waals surface area contributed by atoms with E-state index in [1.165, 1.54) is 22.0 Å². The van der Waals surface area contributed by atoms with Gasteiger partial charge in [0.15, 0.2) is 15.5 Å². The van der Waals surface area contributed by atoms with E-state index < -0.39 is 9.84 Å². The molecule has 0 saturated carbocycles. The van der Waals surface area contributed by atoms with Crippen LogP contribution in [0.1, 0.15) is 13.3 Å². The third-order valence-electron chi connectivity index (χ3n) is 5.17. The van der Waals surface area contributed by atoms with Crippen molar-refractivity contribution in [2.45, 2.75) is 25.9 Å². The van der Waals surface area contributed by atoms with E-state index in [-0.39, 0.29) is 35.6 Å². The lowest BCUT2D eigenvalue weighted by atomic mass is 10.2. The Labute approximate surface area is 167 Å². The maximum Gasteiger partial charge on any atom is 0.264 e. The van der Waals surface area contributed by atoms with Gasteiger partial charge in [0.2, 0.25) is 5.91 Å². The van der Waals surface area contributed by atoms with Crippen LogP contribution in [-0.4, -0.2) is 62.6 Å². The number of hydrogen-bond donors (Lipinski definition) is 0. The zero-order valence-electron chi connectivity index (χ0n) is 15.9. The SMILES string of the molecule is CCN(C(=O)Cn1cnc2c(cnn2-c2ccccc2)c1=O)[C@H]1CCS(=O)(=O)C1. The minimum absolute atomic E-state index is 0.0252. The molecule has 0 unspecified atom stereocenters. The van der Waals surface area contributed by atoms with Gasteiger partial charge in [0.05, 0.1) is 23.4 Å². The van der Waals surface area contributed by atoms with Crippen LogP contribution in [0.2, 0.25) is 0 Å². The van der Waals surface area contributed by atoms with Crippen LogP contribution in [0.15, 0.2) is 47.7 Å². The Hall–Kier alpha value is -3.01. The van der Waals surface area contributed by atoms with Crippen molar-refractivity contribution in [3.63, 3.8) is 0 Å². The number of aromatic nitrogens is 4. The molecule has 0 radical (unpaired) electrons. The summed E-state index contributed by atoms with van der Waals surface area (Å²) in [7, 11) is -3.10. The van der Waals surface area contributed by atoms with E-state index >= 15 is 0 Å². The maximum absolute atomic E-state index is 12.8. The Balaban J connectivity index is 1.61. The van der Waals surface area contributed by atoms with Crippen molar-refractivity contribution in [3.8, 4) is 5.69 Å². The van der Waals surface area contributed by atoms with Gasteiger partial charge in [-0.1, -0.05) is 18.2 Å².